The minimum atomic E-state index is -0.811. The third-order valence-corrected chi connectivity index (χ3v) is 4.12. The first-order valence-electron chi connectivity index (χ1n) is 8.05. The standard InChI is InChI=1S/C17H18F2N4O2/c18-13-3-4-15(14(19)10-13)23-11-12(9-16(23)24)17(25)20-5-1-7-22-8-2-6-21-22/h2-4,6,8,10,12H,1,5,7,9,11H2,(H,20,25)/t12-/m0/s1. The van der Waals surface area contributed by atoms with Gasteiger partial charge in [0.1, 0.15) is 11.6 Å². The lowest BCUT2D eigenvalue weighted by Gasteiger charge is -2.17. The Morgan fingerprint density at radius 2 is 2.20 bits per heavy atom. The highest BCUT2D eigenvalue weighted by atomic mass is 19.1. The monoisotopic (exact) mass is 348 g/mol. The summed E-state index contributed by atoms with van der Waals surface area (Å²) in [5.74, 6) is -2.64. The SMILES string of the molecule is O=C(NCCCn1cccn1)[C@H]1CC(=O)N(c2ccc(F)cc2F)C1. The highest BCUT2D eigenvalue weighted by molar-refractivity contribution is 6.00. The highest BCUT2D eigenvalue weighted by Gasteiger charge is 2.36. The molecule has 2 aromatic rings. The molecule has 6 nitrogen and oxygen atoms in total. The lowest BCUT2D eigenvalue weighted by atomic mass is 10.1. The van der Waals surface area contributed by atoms with Crippen LogP contribution in [0.1, 0.15) is 12.8 Å². The summed E-state index contributed by atoms with van der Waals surface area (Å²) in [6.07, 6.45) is 4.25. The van der Waals surface area contributed by atoms with Crippen LogP contribution in [0.5, 0.6) is 0 Å². The molecule has 8 heteroatoms. The highest BCUT2D eigenvalue weighted by Crippen LogP contribution is 2.27. The summed E-state index contributed by atoms with van der Waals surface area (Å²) < 4.78 is 28.6. The number of aromatic nitrogens is 2. The van der Waals surface area contributed by atoms with Crippen molar-refractivity contribution < 1.29 is 18.4 Å². The van der Waals surface area contributed by atoms with E-state index in [1.807, 2.05) is 12.3 Å². The third kappa shape index (κ3) is 4.01. The second kappa shape index (κ2) is 7.42. The van der Waals surface area contributed by atoms with E-state index in [4.69, 9.17) is 0 Å². The van der Waals surface area contributed by atoms with Crippen LogP contribution in [0.25, 0.3) is 0 Å². The maximum absolute atomic E-state index is 13.8. The van der Waals surface area contributed by atoms with Gasteiger partial charge in [-0.3, -0.25) is 14.3 Å². The predicted molar refractivity (Wildman–Crippen MR) is 86.7 cm³/mol. The molecule has 1 atom stereocenters. The maximum Gasteiger partial charge on any atom is 0.227 e. The van der Waals surface area contributed by atoms with Crippen LogP contribution in [-0.2, 0) is 16.1 Å². The van der Waals surface area contributed by atoms with Crippen LogP contribution in [-0.4, -0.2) is 34.7 Å². The summed E-state index contributed by atoms with van der Waals surface area (Å²) >= 11 is 0. The molecule has 3 rings (SSSR count). The van der Waals surface area contributed by atoms with Crippen molar-refractivity contribution in [2.45, 2.75) is 19.4 Å². The van der Waals surface area contributed by atoms with Gasteiger partial charge < -0.3 is 10.2 Å². The molecule has 132 valence electrons. The molecule has 1 aromatic heterocycles. The Morgan fingerprint density at radius 3 is 2.92 bits per heavy atom. The number of aryl methyl sites for hydroxylation is 1. The second-order valence-electron chi connectivity index (χ2n) is 5.91. The van der Waals surface area contributed by atoms with E-state index < -0.39 is 17.6 Å². The third-order valence-electron chi connectivity index (χ3n) is 4.12. The van der Waals surface area contributed by atoms with Gasteiger partial charge in [0.15, 0.2) is 0 Å². The van der Waals surface area contributed by atoms with E-state index in [1.165, 1.54) is 11.0 Å². The molecule has 0 bridgehead atoms. The Kier molecular flexibility index (Phi) is 5.06. The van der Waals surface area contributed by atoms with E-state index in [2.05, 4.69) is 10.4 Å². The van der Waals surface area contributed by atoms with E-state index in [9.17, 15) is 18.4 Å². The van der Waals surface area contributed by atoms with Gasteiger partial charge in [-0.1, -0.05) is 0 Å². The largest absolute Gasteiger partial charge is 0.356 e. The van der Waals surface area contributed by atoms with Crippen LogP contribution in [0.15, 0.2) is 36.7 Å². The minimum absolute atomic E-state index is 0.000354. The van der Waals surface area contributed by atoms with Gasteiger partial charge in [0.2, 0.25) is 11.8 Å². The van der Waals surface area contributed by atoms with Crippen LogP contribution in [0.4, 0.5) is 14.5 Å². The van der Waals surface area contributed by atoms with E-state index in [0.29, 0.717) is 19.5 Å². The average Bonchev–Trinajstić information content (AvgIpc) is 3.21. The summed E-state index contributed by atoms with van der Waals surface area (Å²) in [4.78, 5) is 25.5. The molecular formula is C17H18F2N4O2. The Balaban J connectivity index is 1.52. The molecule has 0 saturated carbocycles. The molecule has 1 fully saturated rings. The van der Waals surface area contributed by atoms with Gasteiger partial charge in [0.25, 0.3) is 0 Å². The maximum atomic E-state index is 13.8. The number of nitrogens with one attached hydrogen (secondary N) is 1. The first-order chi connectivity index (χ1) is 12.0. The number of hydrogen-bond donors (Lipinski definition) is 1. The Morgan fingerprint density at radius 1 is 1.36 bits per heavy atom. The molecule has 0 spiro atoms. The number of rotatable bonds is 6. The molecule has 25 heavy (non-hydrogen) atoms. The summed E-state index contributed by atoms with van der Waals surface area (Å²) in [5, 5.41) is 6.86. The van der Waals surface area contributed by atoms with Gasteiger partial charge in [-0.25, -0.2) is 8.78 Å². The Labute approximate surface area is 143 Å². The van der Waals surface area contributed by atoms with E-state index in [0.717, 1.165) is 12.1 Å². The predicted octanol–water partition coefficient (Wildman–Crippen LogP) is 1.72. The van der Waals surface area contributed by atoms with E-state index >= 15 is 0 Å². The van der Waals surface area contributed by atoms with Crippen molar-refractivity contribution in [3.8, 4) is 0 Å². The number of nitrogens with zero attached hydrogens (tertiary/aromatic N) is 3. The van der Waals surface area contributed by atoms with Gasteiger partial charge in [-0.05, 0) is 24.6 Å². The molecule has 1 saturated heterocycles. The topological polar surface area (TPSA) is 67.2 Å². The van der Waals surface area contributed by atoms with E-state index in [-0.39, 0.29) is 30.5 Å². The fraction of sp³-hybridized carbons (Fsp3) is 0.353. The molecule has 0 aliphatic carbocycles. The van der Waals surface area contributed by atoms with Crippen LogP contribution in [0.3, 0.4) is 0 Å². The van der Waals surface area contributed by atoms with Gasteiger partial charge in [0, 0.05) is 44.5 Å². The van der Waals surface area contributed by atoms with Crippen LogP contribution >= 0.6 is 0 Å². The number of anilines is 1. The molecule has 1 aromatic carbocycles. The average molecular weight is 348 g/mol. The number of carbonyl (C=O) groups excluding carboxylic acids is 2. The molecule has 1 aliphatic rings. The zero-order valence-electron chi connectivity index (χ0n) is 13.5. The number of benzene rings is 1. The summed E-state index contributed by atoms with van der Waals surface area (Å²) in [5.41, 5.74) is 0.000354. The first kappa shape index (κ1) is 17.1. The Hall–Kier alpha value is -2.77. The first-order valence-corrected chi connectivity index (χ1v) is 8.05. The van der Waals surface area contributed by atoms with Crippen molar-refractivity contribution >= 4 is 17.5 Å². The normalized spacial score (nSPS) is 17.1. The van der Waals surface area contributed by atoms with Crippen molar-refractivity contribution in [1.82, 2.24) is 15.1 Å². The summed E-state index contributed by atoms with van der Waals surface area (Å²) in [7, 11) is 0. The molecular weight excluding hydrogens is 330 g/mol. The van der Waals surface area contributed by atoms with Crippen LogP contribution < -0.4 is 10.2 Å². The van der Waals surface area contributed by atoms with Gasteiger partial charge in [-0.15, -0.1) is 0 Å². The second-order valence-corrected chi connectivity index (χ2v) is 5.91. The van der Waals surface area contributed by atoms with Gasteiger partial charge in [-0.2, -0.15) is 5.10 Å². The van der Waals surface area contributed by atoms with Gasteiger partial charge in [0.05, 0.1) is 11.6 Å². The zero-order chi connectivity index (χ0) is 17.8. The van der Waals surface area contributed by atoms with E-state index in [1.54, 1.807) is 10.9 Å². The number of carbonyl (C=O) groups is 2. The van der Waals surface area contributed by atoms with Crippen molar-refractivity contribution in [3.05, 3.63) is 48.3 Å². The fourth-order valence-corrected chi connectivity index (χ4v) is 2.85. The molecule has 1 N–H and O–H groups in total. The Bertz CT molecular complexity index is 764. The van der Waals surface area contributed by atoms with Crippen LogP contribution in [0.2, 0.25) is 0 Å². The molecule has 1 aliphatic heterocycles. The van der Waals surface area contributed by atoms with Crippen molar-refractivity contribution in [3.63, 3.8) is 0 Å². The number of amides is 2. The summed E-state index contributed by atoms with van der Waals surface area (Å²) in [6.45, 7) is 1.24. The summed E-state index contributed by atoms with van der Waals surface area (Å²) in [6, 6.07) is 4.86. The van der Waals surface area contributed by atoms with Crippen molar-refractivity contribution in [1.29, 1.82) is 0 Å². The van der Waals surface area contributed by atoms with Crippen LogP contribution in [0, 0.1) is 17.6 Å². The quantitative estimate of drug-likeness (QED) is 0.809. The lowest BCUT2D eigenvalue weighted by molar-refractivity contribution is -0.126. The minimum Gasteiger partial charge on any atom is -0.356 e. The molecule has 0 radical (unpaired) electrons. The molecule has 2 heterocycles. The van der Waals surface area contributed by atoms with Crippen molar-refractivity contribution in [2.75, 3.05) is 18.0 Å². The van der Waals surface area contributed by atoms with Gasteiger partial charge >= 0.3 is 0 Å². The fourth-order valence-electron chi connectivity index (χ4n) is 2.85. The molecule has 2 amide bonds. The van der Waals surface area contributed by atoms with Crippen molar-refractivity contribution in [2.24, 2.45) is 5.92 Å². The molecule has 0 unspecified atom stereocenters. The number of hydrogen-bond acceptors (Lipinski definition) is 3. The number of halogens is 2. The smallest absolute Gasteiger partial charge is 0.227 e. The zero-order valence-corrected chi connectivity index (χ0v) is 13.5. The lowest BCUT2D eigenvalue weighted by Crippen LogP contribution is -2.34.